The number of nitrogens with one attached hydrogen (secondary N) is 2. The summed E-state index contributed by atoms with van der Waals surface area (Å²) in [5, 5.41) is 11.0. The molecule has 1 unspecified atom stereocenters. The molecule has 0 aliphatic carbocycles. The molecule has 0 radical (unpaired) electrons. The van der Waals surface area contributed by atoms with Gasteiger partial charge in [-0.1, -0.05) is 36.7 Å². The lowest BCUT2D eigenvalue weighted by Gasteiger charge is -2.11. The monoisotopic (exact) mass is 368 g/mol. The lowest BCUT2D eigenvalue weighted by molar-refractivity contribution is -0.119. The predicted molar refractivity (Wildman–Crippen MR) is 96.6 cm³/mol. The van der Waals surface area contributed by atoms with Gasteiger partial charge in [0, 0.05) is 11.1 Å². The van der Waals surface area contributed by atoms with E-state index in [0.717, 1.165) is 18.4 Å². The lowest BCUT2D eigenvalue weighted by Crippen LogP contribution is -2.33. The Morgan fingerprint density at radius 1 is 1.50 bits per heavy atom. The minimum absolute atomic E-state index is 0.0207. The van der Waals surface area contributed by atoms with Crippen LogP contribution >= 0.6 is 23.4 Å². The summed E-state index contributed by atoms with van der Waals surface area (Å²) in [6.45, 7) is 4.10. The van der Waals surface area contributed by atoms with E-state index in [-0.39, 0.29) is 17.7 Å². The first kappa shape index (κ1) is 18.6. The SMILES string of the molecule is CCCC(C)NC(=O)CSc1n[nH]c(-c2cc(Cl)ccc2OC)n1. The third-order valence-corrected chi connectivity index (χ3v) is 4.43. The van der Waals surface area contributed by atoms with E-state index in [9.17, 15) is 4.79 Å². The number of methoxy groups -OCH3 is 1. The van der Waals surface area contributed by atoms with Crippen molar-refractivity contribution in [1.82, 2.24) is 20.5 Å². The fourth-order valence-corrected chi connectivity index (χ4v) is 3.03. The van der Waals surface area contributed by atoms with Gasteiger partial charge in [0.15, 0.2) is 5.82 Å². The normalized spacial score (nSPS) is 12.0. The topological polar surface area (TPSA) is 79.9 Å². The van der Waals surface area contributed by atoms with Gasteiger partial charge in [-0.3, -0.25) is 9.89 Å². The summed E-state index contributed by atoms with van der Waals surface area (Å²) in [5.74, 6) is 1.46. The molecule has 8 heteroatoms. The number of rotatable bonds is 8. The number of carbonyl (C=O) groups is 1. The Kier molecular flexibility index (Phi) is 6.93. The largest absolute Gasteiger partial charge is 0.496 e. The molecular weight excluding hydrogens is 348 g/mol. The lowest BCUT2D eigenvalue weighted by atomic mass is 10.2. The number of aromatic amines is 1. The Morgan fingerprint density at radius 3 is 3.00 bits per heavy atom. The highest BCUT2D eigenvalue weighted by molar-refractivity contribution is 7.99. The van der Waals surface area contributed by atoms with Gasteiger partial charge in [0.05, 0.1) is 18.4 Å². The van der Waals surface area contributed by atoms with Gasteiger partial charge >= 0.3 is 0 Å². The first-order chi connectivity index (χ1) is 11.5. The number of nitrogens with zero attached hydrogens (tertiary/aromatic N) is 2. The van der Waals surface area contributed by atoms with E-state index in [2.05, 4.69) is 27.4 Å². The van der Waals surface area contributed by atoms with Crippen molar-refractivity contribution in [2.24, 2.45) is 0 Å². The Morgan fingerprint density at radius 2 is 2.29 bits per heavy atom. The molecule has 0 bridgehead atoms. The van der Waals surface area contributed by atoms with Crippen LogP contribution in [0.3, 0.4) is 0 Å². The van der Waals surface area contributed by atoms with Gasteiger partial charge in [0.1, 0.15) is 5.75 Å². The summed E-state index contributed by atoms with van der Waals surface area (Å²) < 4.78 is 5.31. The number of benzene rings is 1. The Balaban J connectivity index is 1.99. The van der Waals surface area contributed by atoms with Gasteiger partial charge in [-0.15, -0.1) is 5.10 Å². The van der Waals surface area contributed by atoms with E-state index in [1.165, 1.54) is 11.8 Å². The maximum absolute atomic E-state index is 11.9. The number of carbonyl (C=O) groups excluding carboxylic acids is 1. The van der Waals surface area contributed by atoms with Gasteiger partial charge in [0.2, 0.25) is 11.1 Å². The van der Waals surface area contributed by atoms with Crippen LogP contribution in [0.4, 0.5) is 0 Å². The Hall–Kier alpha value is -1.73. The highest BCUT2D eigenvalue weighted by Gasteiger charge is 2.13. The molecule has 1 amide bonds. The molecule has 0 aliphatic heterocycles. The second kappa shape index (κ2) is 8.94. The summed E-state index contributed by atoms with van der Waals surface area (Å²) in [6.07, 6.45) is 2.01. The average molecular weight is 369 g/mol. The van der Waals surface area contributed by atoms with E-state index in [4.69, 9.17) is 16.3 Å². The molecule has 1 heterocycles. The van der Waals surface area contributed by atoms with Crippen LogP contribution in [0.2, 0.25) is 5.02 Å². The van der Waals surface area contributed by atoms with Crippen molar-refractivity contribution in [2.45, 2.75) is 37.9 Å². The van der Waals surface area contributed by atoms with Gasteiger partial charge in [-0.05, 0) is 31.5 Å². The molecule has 1 aromatic heterocycles. The van der Waals surface area contributed by atoms with Crippen LogP contribution in [-0.4, -0.2) is 40.0 Å². The maximum Gasteiger partial charge on any atom is 0.230 e. The van der Waals surface area contributed by atoms with Crippen molar-refractivity contribution >= 4 is 29.3 Å². The van der Waals surface area contributed by atoms with Crippen molar-refractivity contribution in [3.05, 3.63) is 23.2 Å². The zero-order valence-electron chi connectivity index (χ0n) is 13.9. The molecule has 2 aromatic rings. The minimum atomic E-state index is -0.0207. The molecule has 1 aromatic carbocycles. The summed E-state index contributed by atoms with van der Waals surface area (Å²) in [5.41, 5.74) is 0.727. The number of ether oxygens (including phenoxy) is 1. The van der Waals surface area contributed by atoms with Crippen LogP contribution in [0, 0.1) is 0 Å². The summed E-state index contributed by atoms with van der Waals surface area (Å²) in [6, 6.07) is 5.46. The molecule has 24 heavy (non-hydrogen) atoms. The third kappa shape index (κ3) is 5.14. The van der Waals surface area contributed by atoms with Crippen LogP contribution in [0.1, 0.15) is 26.7 Å². The summed E-state index contributed by atoms with van der Waals surface area (Å²) in [7, 11) is 1.58. The van der Waals surface area contributed by atoms with Crippen LogP contribution in [-0.2, 0) is 4.79 Å². The molecule has 130 valence electrons. The molecule has 0 fully saturated rings. The van der Waals surface area contributed by atoms with E-state index in [1.54, 1.807) is 25.3 Å². The number of halogens is 1. The number of aromatic nitrogens is 3. The van der Waals surface area contributed by atoms with Gasteiger partial charge in [0.25, 0.3) is 0 Å². The van der Waals surface area contributed by atoms with E-state index < -0.39 is 0 Å². The zero-order chi connectivity index (χ0) is 17.5. The number of hydrogen-bond acceptors (Lipinski definition) is 5. The van der Waals surface area contributed by atoms with E-state index >= 15 is 0 Å². The van der Waals surface area contributed by atoms with E-state index in [1.807, 2.05) is 6.92 Å². The fourth-order valence-electron chi connectivity index (χ4n) is 2.25. The van der Waals surface area contributed by atoms with Crippen LogP contribution < -0.4 is 10.1 Å². The first-order valence-corrected chi connectivity index (χ1v) is 9.08. The third-order valence-electron chi connectivity index (χ3n) is 3.34. The van der Waals surface area contributed by atoms with Crippen molar-refractivity contribution in [1.29, 1.82) is 0 Å². The highest BCUT2D eigenvalue weighted by atomic mass is 35.5. The average Bonchev–Trinajstić information content (AvgIpc) is 3.02. The van der Waals surface area contributed by atoms with Crippen molar-refractivity contribution in [2.75, 3.05) is 12.9 Å². The molecule has 2 rings (SSSR count). The molecule has 0 spiro atoms. The van der Waals surface area contributed by atoms with Gasteiger partial charge in [-0.25, -0.2) is 4.98 Å². The zero-order valence-corrected chi connectivity index (χ0v) is 15.5. The first-order valence-electron chi connectivity index (χ1n) is 7.72. The number of amides is 1. The van der Waals surface area contributed by atoms with Gasteiger partial charge in [-0.2, -0.15) is 0 Å². The van der Waals surface area contributed by atoms with Gasteiger partial charge < -0.3 is 10.1 Å². The molecule has 0 saturated heterocycles. The fraction of sp³-hybridized carbons (Fsp3) is 0.438. The van der Waals surface area contributed by atoms with Crippen molar-refractivity contribution in [3.8, 4) is 17.1 Å². The Labute approximate surface area is 150 Å². The molecule has 0 saturated carbocycles. The van der Waals surface area contributed by atoms with Crippen molar-refractivity contribution < 1.29 is 9.53 Å². The second-order valence-electron chi connectivity index (χ2n) is 5.36. The van der Waals surface area contributed by atoms with Crippen LogP contribution in [0.5, 0.6) is 5.75 Å². The molecule has 2 N–H and O–H groups in total. The maximum atomic E-state index is 11.9. The number of thioether (sulfide) groups is 1. The van der Waals surface area contributed by atoms with Crippen LogP contribution in [0.25, 0.3) is 11.4 Å². The number of hydrogen-bond donors (Lipinski definition) is 2. The van der Waals surface area contributed by atoms with Crippen molar-refractivity contribution in [3.63, 3.8) is 0 Å². The predicted octanol–water partition coefficient (Wildman–Crippen LogP) is 3.53. The minimum Gasteiger partial charge on any atom is -0.496 e. The van der Waals surface area contributed by atoms with Crippen LogP contribution in [0.15, 0.2) is 23.4 Å². The summed E-state index contributed by atoms with van der Waals surface area (Å²) in [4.78, 5) is 16.3. The number of H-pyrrole nitrogens is 1. The molecule has 0 aliphatic rings. The van der Waals surface area contributed by atoms with E-state index in [0.29, 0.717) is 21.8 Å². The quantitative estimate of drug-likeness (QED) is 0.697. The highest BCUT2D eigenvalue weighted by Crippen LogP contribution is 2.31. The molecular formula is C16H21ClN4O2S. The molecule has 6 nitrogen and oxygen atoms in total. The standard InChI is InChI=1S/C16H21ClN4O2S/c1-4-5-10(2)18-14(22)9-24-16-19-15(20-21-16)12-8-11(17)6-7-13(12)23-3/h6-8,10H,4-5,9H2,1-3H3,(H,18,22)(H,19,20,21). The smallest absolute Gasteiger partial charge is 0.230 e. The summed E-state index contributed by atoms with van der Waals surface area (Å²) >= 11 is 7.31. The Bertz CT molecular complexity index is 692. The second-order valence-corrected chi connectivity index (χ2v) is 6.74. The molecule has 1 atom stereocenters.